The normalized spacial score (nSPS) is 26.6. The average Bonchev–Trinajstić information content (AvgIpc) is 2.46. The zero-order valence-electron chi connectivity index (χ0n) is 8.97. The van der Waals surface area contributed by atoms with Gasteiger partial charge in [0.1, 0.15) is 5.78 Å². The van der Waals surface area contributed by atoms with E-state index in [0.717, 1.165) is 12.8 Å². The standard InChI is InChI=1S/C11H18O3/c1-3-14-10(13)6-8-11(2)7-4-5-9(11)12/h3-8H2,1-2H3. The molecule has 14 heavy (non-hydrogen) atoms. The van der Waals surface area contributed by atoms with Crippen molar-refractivity contribution in [3.05, 3.63) is 0 Å². The first-order chi connectivity index (χ1) is 6.58. The molecule has 0 aromatic heterocycles. The molecule has 1 unspecified atom stereocenters. The first-order valence-electron chi connectivity index (χ1n) is 5.27. The van der Waals surface area contributed by atoms with Gasteiger partial charge < -0.3 is 4.74 Å². The lowest BCUT2D eigenvalue weighted by molar-refractivity contribution is -0.144. The van der Waals surface area contributed by atoms with Gasteiger partial charge in [-0.15, -0.1) is 0 Å². The molecule has 0 radical (unpaired) electrons. The van der Waals surface area contributed by atoms with Gasteiger partial charge in [0, 0.05) is 18.3 Å². The molecule has 80 valence electrons. The van der Waals surface area contributed by atoms with Crippen molar-refractivity contribution in [1.82, 2.24) is 0 Å². The molecular formula is C11H18O3. The van der Waals surface area contributed by atoms with E-state index in [9.17, 15) is 9.59 Å². The summed E-state index contributed by atoms with van der Waals surface area (Å²) in [6.07, 6.45) is 3.59. The molecule has 0 bridgehead atoms. The lowest BCUT2D eigenvalue weighted by Crippen LogP contribution is -2.23. The summed E-state index contributed by atoms with van der Waals surface area (Å²) in [7, 11) is 0. The minimum atomic E-state index is -0.257. The molecule has 3 heteroatoms. The van der Waals surface area contributed by atoms with E-state index in [1.54, 1.807) is 6.92 Å². The third-order valence-electron chi connectivity index (χ3n) is 2.99. The highest BCUT2D eigenvalue weighted by Gasteiger charge is 2.37. The van der Waals surface area contributed by atoms with Crippen molar-refractivity contribution in [2.75, 3.05) is 6.61 Å². The van der Waals surface area contributed by atoms with Crippen LogP contribution in [0.15, 0.2) is 0 Å². The molecule has 1 aliphatic carbocycles. The Kier molecular flexibility index (Phi) is 3.67. The molecule has 3 nitrogen and oxygen atoms in total. The summed E-state index contributed by atoms with van der Waals surface area (Å²) in [5.74, 6) is 0.121. The monoisotopic (exact) mass is 198 g/mol. The SMILES string of the molecule is CCOC(=O)CCC1(C)CCCC1=O. The lowest BCUT2D eigenvalue weighted by Gasteiger charge is -2.20. The summed E-state index contributed by atoms with van der Waals surface area (Å²) in [6, 6.07) is 0. The molecule has 0 aromatic rings. The van der Waals surface area contributed by atoms with E-state index in [2.05, 4.69) is 0 Å². The Morgan fingerprint density at radius 1 is 1.57 bits per heavy atom. The van der Waals surface area contributed by atoms with Crippen LogP contribution < -0.4 is 0 Å². The molecule has 1 atom stereocenters. The van der Waals surface area contributed by atoms with Gasteiger partial charge in [0.15, 0.2) is 0 Å². The number of carbonyl (C=O) groups excluding carboxylic acids is 2. The first kappa shape index (κ1) is 11.2. The molecule has 1 fully saturated rings. The van der Waals surface area contributed by atoms with Crippen molar-refractivity contribution in [1.29, 1.82) is 0 Å². The Bertz CT molecular complexity index is 235. The first-order valence-corrected chi connectivity index (χ1v) is 5.27. The summed E-state index contributed by atoms with van der Waals surface area (Å²) < 4.78 is 4.83. The zero-order valence-corrected chi connectivity index (χ0v) is 8.97. The summed E-state index contributed by atoms with van der Waals surface area (Å²) in [4.78, 5) is 22.6. The van der Waals surface area contributed by atoms with Crippen molar-refractivity contribution in [2.24, 2.45) is 5.41 Å². The van der Waals surface area contributed by atoms with Gasteiger partial charge in [-0.3, -0.25) is 9.59 Å². The van der Waals surface area contributed by atoms with Crippen LogP contribution in [0.2, 0.25) is 0 Å². The minimum absolute atomic E-state index is 0.187. The molecule has 0 N–H and O–H groups in total. The van der Waals surface area contributed by atoms with Crippen molar-refractivity contribution in [3.63, 3.8) is 0 Å². The molecular weight excluding hydrogens is 180 g/mol. The van der Waals surface area contributed by atoms with Gasteiger partial charge in [0.2, 0.25) is 0 Å². The summed E-state index contributed by atoms with van der Waals surface area (Å²) in [5.41, 5.74) is -0.257. The number of carbonyl (C=O) groups is 2. The Labute approximate surface area is 84.8 Å². The fourth-order valence-corrected chi connectivity index (χ4v) is 1.96. The highest BCUT2D eigenvalue weighted by Crippen LogP contribution is 2.38. The highest BCUT2D eigenvalue weighted by atomic mass is 16.5. The molecule has 0 heterocycles. The number of hydrogen-bond donors (Lipinski definition) is 0. The molecule has 0 aliphatic heterocycles. The quantitative estimate of drug-likeness (QED) is 0.650. The molecule has 1 aliphatic rings. The molecule has 1 saturated carbocycles. The lowest BCUT2D eigenvalue weighted by atomic mass is 9.83. The van der Waals surface area contributed by atoms with Crippen LogP contribution in [-0.2, 0) is 14.3 Å². The Morgan fingerprint density at radius 2 is 2.29 bits per heavy atom. The van der Waals surface area contributed by atoms with Gasteiger partial charge in [0.25, 0.3) is 0 Å². The van der Waals surface area contributed by atoms with Crippen LogP contribution in [0, 0.1) is 5.41 Å². The fourth-order valence-electron chi connectivity index (χ4n) is 1.96. The molecule has 0 amide bonds. The number of ketones is 1. The molecule has 0 spiro atoms. The minimum Gasteiger partial charge on any atom is -0.466 e. The van der Waals surface area contributed by atoms with E-state index in [4.69, 9.17) is 4.74 Å². The third-order valence-corrected chi connectivity index (χ3v) is 2.99. The van der Waals surface area contributed by atoms with E-state index in [1.165, 1.54) is 0 Å². The summed E-state index contributed by atoms with van der Waals surface area (Å²) in [5, 5.41) is 0. The number of Topliss-reactive ketones (excluding diaryl/α,β-unsaturated/α-hetero) is 1. The predicted molar refractivity (Wildman–Crippen MR) is 52.8 cm³/mol. The number of rotatable bonds is 4. The summed E-state index contributed by atoms with van der Waals surface area (Å²) >= 11 is 0. The van der Waals surface area contributed by atoms with Crippen LogP contribution in [0.25, 0.3) is 0 Å². The number of hydrogen-bond acceptors (Lipinski definition) is 3. The van der Waals surface area contributed by atoms with Crippen LogP contribution in [0.4, 0.5) is 0 Å². The third kappa shape index (κ3) is 2.56. The molecule has 0 aromatic carbocycles. The maximum Gasteiger partial charge on any atom is 0.305 e. The van der Waals surface area contributed by atoms with Gasteiger partial charge >= 0.3 is 5.97 Å². The second-order valence-corrected chi connectivity index (χ2v) is 4.14. The van der Waals surface area contributed by atoms with Crippen LogP contribution in [0.3, 0.4) is 0 Å². The van der Waals surface area contributed by atoms with Crippen molar-refractivity contribution >= 4 is 11.8 Å². The topological polar surface area (TPSA) is 43.4 Å². The van der Waals surface area contributed by atoms with Gasteiger partial charge in [-0.2, -0.15) is 0 Å². The number of ether oxygens (including phenoxy) is 1. The van der Waals surface area contributed by atoms with Crippen LogP contribution in [0.5, 0.6) is 0 Å². The Morgan fingerprint density at radius 3 is 2.79 bits per heavy atom. The molecule has 0 saturated heterocycles. The van der Waals surface area contributed by atoms with E-state index in [0.29, 0.717) is 31.7 Å². The predicted octanol–water partition coefficient (Wildman–Crippen LogP) is 2.09. The van der Waals surface area contributed by atoms with E-state index in [1.807, 2.05) is 6.92 Å². The van der Waals surface area contributed by atoms with Crippen molar-refractivity contribution in [2.45, 2.75) is 46.0 Å². The molecule has 1 rings (SSSR count). The van der Waals surface area contributed by atoms with Gasteiger partial charge in [0.05, 0.1) is 6.61 Å². The van der Waals surface area contributed by atoms with Crippen molar-refractivity contribution in [3.8, 4) is 0 Å². The fraction of sp³-hybridized carbons (Fsp3) is 0.818. The summed E-state index contributed by atoms with van der Waals surface area (Å²) in [6.45, 7) is 4.17. The van der Waals surface area contributed by atoms with Crippen LogP contribution >= 0.6 is 0 Å². The average molecular weight is 198 g/mol. The smallest absolute Gasteiger partial charge is 0.305 e. The van der Waals surface area contributed by atoms with E-state index >= 15 is 0 Å². The highest BCUT2D eigenvalue weighted by molar-refractivity contribution is 5.86. The number of esters is 1. The second-order valence-electron chi connectivity index (χ2n) is 4.14. The maximum atomic E-state index is 11.5. The zero-order chi connectivity index (χ0) is 10.6. The maximum absolute atomic E-state index is 11.5. The van der Waals surface area contributed by atoms with Gasteiger partial charge in [-0.05, 0) is 26.2 Å². The van der Waals surface area contributed by atoms with Crippen molar-refractivity contribution < 1.29 is 14.3 Å². The van der Waals surface area contributed by atoms with Gasteiger partial charge in [-0.25, -0.2) is 0 Å². The van der Waals surface area contributed by atoms with E-state index < -0.39 is 0 Å². The Hall–Kier alpha value is -0.860. The van der Waals surface area contributed by atoms with Crippen LogP contribution in [0.1, 0.15) is 46.0 Å². The van der Waals surface area contributed by atoms with Gasteiger partial charge in [-0.1, -0.05) is 6.92 Å². The van der Waals surface area contributed by atoms with E-state index in [-0.39, 0.29) is 11.4 Å². The van der Waals surface area contributed by atoms with Crippen LogP contribution in [-0.4, -0.2) is 18.4 Å². The Balaban J connectivity index is 2.36. The second kappa shape index (κ2) is 4.58. The largest absolute Gasteiger partial charge is 0.466 e.